The summed E-state index contributed by atoms with van der Waals surface area (Å²) in [5, 5.41) is 6.38. The Kier molecular flexibility index (Phi) is 8.00. The van der Waals surface area contributed by atoms with E-state index in [0.29, 0.717) is 41.4 Å². The number of anilines is 1. The molecule has 0 atom stereocenters. The summed E-state index contributed by atoms with van der Waals surface area (Å²) >= 11 is 5.87. The maximum atomic E-state index is 12.5. The van der Waals surface area contributed by atoms with Crippen LogP contribution in [-0.2, 0) is 22.6 Å². The smallest absolute Gasteiger partial charge is 0.308 e. The number of esters is 1. The molecule has 3 aromatic carbocycles. The largest absolute Gasteiger partial charge is 0.427 e. The van der Waals surface area contributed by atoms with Gasteiger partial charge >= 0.3 is 5.97 Å². The minimum absolute atomic E-state index is 0.0586. The van der Waals surface area contributed by atoms with Crippen LogP contribution in [0.1, 0.15) is 34.8 Å². The van der Waals surface area contributed by atoms with E-state index in [1.165, 1.54) is 13.0 Å². The number of benzene rings is 3. The third-order valence-electron chi connectivity index (χ3n) is 4.59. The molecule has 0 aliphatic heterocycles. The molecule has 0 saturated carbocycles. The maximum Gasteiger partial charge on any atom is 0.308 e. The van der Waals surface area contributed by atoms with Crippen LogP contribution < -0.4 is 15.4 Å². The van der Waals surface area contributed by atoms with E-state index in [0.717, 1.165) is 11.1 Å². The lowest BCUT2D eigenvalue weighted by molar-refractivity contribution is -0.131. The van der Waals surface area contributed by atoms with E-state index in [9.17, 15) is 14.4 Å². The van der Waals surface area contributed by atoms with E-state index in [2.05, 4.69) is 10.6 Å². The van der Waals surface area contributed by atoms with Crippen LogP contribution >= 0.6 is 11.6 Å². The third-order valence-corrected chi connectivity index (χ3v) is 4.84. The second-order valence-electron chi connectivity index (χ2n) is 7.18. The number of carbonyl (C=O) groups is 3. The van der Waals surface area contributed by atoms with E-state index in [-0.39, 0.29) is 11.8 Å². The Hall–Kier alpha value is -3.64. The molecule has 2 N–H and O–H groups in total. The Bertz CT molecular complexity index is 1110. The number of ether oxygens (including phenoxy) is 1. The second-order valence-corrected chi connectivity index (χ2v) is 7.62. The molecule has 0 fully saturated rings. The number of nitrogens with one attached hydrogen (secondary N) is 2. The van der Waals surface area contributed by atoms with Gasteiger partial charge in [-0.15, -0.1) is 0 Å². The lowest BCUT2D eigenvalue weighted by Crippen LogP contribution is -2.23. The molecule has 164 valence electrons. The molecule has 7 heteroatoms. The molecule has 0 saturated heterocycles. The van der Waals surface area contributed by atoms with Crippen molar-refractivity contribution < 1.29 is 19.1 Å². The fraction of sp³-hybridized carbons (Fsp3) is 0.160. The van der Waals surface area contributed by atoms with Gasteiger partial charge in [-0.2, -0.15) is 0 Å². The predicted molar refractivity (Wildman–Crippen MR) is 124 cm³/mol. The summed E-state index contributed by atoms with van der Waals surface area (Å²) in [6, 6.07) is 21.0. The van der Waals surface area contributed by atoms with Crippen LogP contribution in [-0.4, -0.2) is 17.8 Å². The lowest BCUT2D eigenvalue weighted by atomic mass is 10.1. The molecule has 3 aromatic rings. The average Bonchev–Trinajstić information content (AvgIpc) is 2.77. The molecule has 0 spiro atoms. The lowest BCUT2D eigenvalue weighted by Gasteiger charge is -2.10. The van der Waals surface area contributed by atoms with Crippen molar-refractivity contribution in [3.8, 4) is 5.75 Å². The van der Waals surface area contributed by atoms with E-state index >= 15 is 0 Å². The van der Waals surface area contributed by atoms with Crippen molar-refractivity contribution in [3.05, 3.63) is 94.5 Å². The van der Waals surface area contributed by atoms with Crippen molar-refractivity contribution in [2.45, 2.75) is 26.3 Å². The zero-order valence-electron chi connectivity index (χ0n) is 17.6. The van der Waals surface area contributed by atoms with Gasteiger partial charge in [0.15, 0.2) is 0 Å². The Morgan fingerprint density at radius 2 is 1.66 bits per heavy atom. The molecule has 2 amide bonds. The fourth-order valence-electron chi connectivity index (χ4n) is 3.03. The first kappa shape index (κ1) is 23.0. The van der Waals surface area contributed by atoms with Gasteiger partial charge in [-0.1, -0.05) is 41.9 Å². The highest BCUT2D eigenvalue weighted by molar-refractivity contribution is 6.30. The van der Waals surface area contributed by atoms with E-state index in [1.54, 1.807) is 48.5 Å². The summed E-state index contributed by atoms with van der Waals surface area (Å²) in [4.78, 5) is 35.8. The zero-order chi connectivity index (χ0) is 22.9. The van der Waals surface area contributed by atoms with E-state index in [1.807, 2.05) is 18.2 Å². The van der Waals surface area contributed by atoms with Crippen LogP contribution in [0.3, 0.4) is 0 Å². The number of amides is 2. The van der Waals surface area contributed by atoms with Gasteiger partial charge in [-0.05, 0) is 60.0 Å². The normalized spacial score (nSPS) is 10.3. The maximum absolute atomic E-state index is 12.5. The Labute approximate surface area is 191 Å². The Morgan fingerprint density at radius 3 is 2.41 bits per heavy atom. The molecule has 0 unspecified atom stereocenters. The van der Waals surface area contributed by atoms with Gasteiger partial charge in [-0.3, -0.25) is 14.4 Å². The number of carbonyl (C=O) groups excluding carboxylic acids is 3. The first-order valence-electron chi connectivity index (χ1n) is 10.1. The van der Waals surface area contributed by atoms with Gasteiger partial charge < -0.3 is 15.4 Å². The van der Waals surface area contributed by atoms with Crippen molar-refractivity contribution in [1.82, 2.24) is 5.32 Å². The first-order valence-corrected chi connectivity index (χ1v) is 10.5. The van der Waals surface area contributed by atoms with Gasteiger partial charge in [0.05, 0.1) is 0 Å². The van der Waals surface area contributed by atoms with E-state index in [4.69, 9.17) is 16.3 Å². The highest BCUT2D eigenvalue weighted by Gasteiger charge is 2.09. The van der Waals surface area contributed by atoms with Crippen LogP contribution in [0.15, 0.2) is 72.8 Å². The highest BCUT2D eigenvalue weighted by Crippen LogP contribution is 2.17. The summed E-state index contributed by atoms with van der Waals surface area (Å²) in [5.74, 6) is -0.537. The molecule has 0 aliphatic rings. The minimum atomic E-state index is -0.453. The topological polar surface area (TPSA) is 84.5 Å². The van der Waals surface area contributed by atoms with Crippen molar-refractivity contribution >= 4 is 35.1 Å². The summed E-state index contributed by atoms with van der Waals surface area (Å²) in [5.41, 5.74) is 2.87. The third kappa shape index (κ3) is 7.25. The van der Waals surface area contributed by atoms with Crippen molar-refractivity contribution in [2.24, 2.45) is 0 Å². The van der Waals surface area contributed by atoms with Crippen LogP contribution in [0.2, 0.25) is 5.02 Å². The standard InChI is InChI=1S/C25H23ClN2O4/c1-17(29)32-23-7-3-5-20(15-23)25(31)28-22-6-2-4-19(14-22)16-27-24(30)13-10-18-8-11-21(26)12-9-18/h2-9,11-12,14-15H,10,13,16H2,1H3,(H,27,30)(H,28,31). The van der Waals surface area contributed by atoms with Crippen LogP contribution in [0, 0.1) is 0 Å². The van der Waals surface area contributed by atoms with Crippen LogP contribution in [0.5, 0.6) is 5.75 Å². The van der Waals surface area contributed by atoms with Crippen LogP contribution in [0.4, 0.5) is 5.69 Å². The van der Waals surface area contributed by atoms with E-state index < -0.39 is 5.97 Å². The summed E-state index contributed by atoms with van der Waals surface area (Å²) in [6.45, 7) is 1.65. The van der Waals surface area contributed by atoms with Gasteiger partial charge in [0.1, 0.15) is 5.75 Å². The number of hydrogen-bond acceptors (Lipinski definition) is 4. The van der Waals surface area contributed by atoms with Gasteiger partial charge in [-0.25, -0.2) is 0 Å². The molecule has 0 radical (unpaired) electrons. The molecule has 6 nitrogen and oxygen atoms in total. The molecule has 3 rings (SSSR count). The highest BCUT2D eigenvalue weighted by atomic mass is 35.5. The number of rotatable bonds is 8. The first-order chi connectivity index (χ1) is 15.4. The average molecular weight is 451 g/mol. The van der Waals surface area contributed by atoms with Gasteiger partial charge in [0, 0.05) is 36.2 Å². The summed E-state index contributed by atoms with van der Waals surface area (Å²) < 4.78 is 5.02. The van der Waals surface area contributed by atoms with Gasteiger partial charge in [0.2, 0.25) is 5.91 Å². The second kappa shape index (κ2) is 11.1. The quantitative estimate of drug-likeness (QED) is 0.382. The fourth-order valence-corrected chi connectivity index (χ4v) is 3.15. The molecule has 0 aliphatic carbocycles. The molecule has 0 heterocycles. The Morgan fingerprint density at radius 1 is 0.906 bits per heavy atom. The zero-order valence-corrected chi connectivity index (χ0v) is 18.3. The number of aryl methyl sites for hydroxylation is 1. The minimum Gasteiger partial charge on any atom is -0.427 e. The van der Waals surface area contributed by atoms with Crippen LogP contribution in [0.25, 0.3) is 0 Å². The number of hydrogen-bond donors (Lipinski definition) is 2. The monoisotopic (exact) mass is 450 g/mol. The Balaban J connectivity index is 1.52. The molecular formula is C25H23ClN2O4. The van der Waals surface area contributed by atoms with Gasteiger partial charge in [0.25, 0.3) is 5.91 Å². The summed E-state index contributed by atoms with van der Waals surface area (Å²) in [6.07, 6.45) is 1.00. The summed E-state index contributed by atoms with van der Waals surface area (Å²) in [7, 11) is 0. The molecule has 32 heavy (non-hydrogen) atoms. The molecule has 0 aromatic heterocycles. The molecule has 0 bridgehead atoms. The van der Waals surface area contributed by atoms with Crippen molar-refractivity contribution in [3.63, 3.8) is 0 Å². The molecular weight excluding hydrogens is 428 g/mol. The van der Waals surface area contributed by atoms with Crippen molar-refractivity contribution in [2.75, 3.05) is 5.32 Å². The SMILES string of the molecule is CC(=O)Oc1cccc(C(=O)Nc2cccc(CNC(=O)CCc3ccc(Cl)cc3)c2)c1. The number of halogens is 1. The van der Waals surface area contributed by atoms with Crippen molar-refractivity contribution in [1.29, 1.82) is 0 Å². The predicted octanol–water partition coefficient (Wildman–Crippen LogP) is 4.77.